The first-order valence-electron chi connectivity index (χ1n) is 9.84. The normalized spacial score (nSPS) is 11.5. The van der Waals surface area contributed by atoms with Gasteiger partial charge in [0.05, 0.1) is 51.5 Å². The Morgan fingerprint density at radius 1 is 1.15 bits per heavy atom. The quantitative estimate of drug-likeness (QED) is 0.375. The molecule has 4 aromatic rings. The van der Waals surface area contributed by atoms with Crippen LogP contribution in [0, 0.1) is 0 Å². The van der Waals surface area contributed by atoms with Gasteiger partial charge in [-0.25, -0.2) is 18.4 Å². The van der Waals surface area contributed by atoms with E-state index in [1.54, 1.807) is 38.6 Å². The van der Waals surface area contributed by atoms with Crippen molar-refractivity contribution >= 4 is 35.0 Å². The Labute approximate surface area is 192 Å². The summed E-state index contributed by atoms with van der Waals surface area (Å²) in [5.74, 6) is 1.15. The van der Waals surface area contributed by atoms with Crippen molar-refractivity contribution in [2.24, 2.45) is 7.05 Å². The van der Waals surface area contributed by atoms with Gasteiger partial charge in [0.25, 0.3) is 10.0 Å². The number of aryl methyl sites for hydroxylation is 1. The highest BCUT2D eigenvalue weighted by Gasteiger charge is 2.22. The average Bonchev–Trinajstić information content (AvgIpc) is 3.44. The Kier molecular flexibility index (Phi) is 5.89. The molecule has 33 heavy (non-hydrogen) atoms. The van der Waals surface area contributed by atoms with E-state index < -0.39 is 10.0 Å². The van der Waals surface area contributed by atoms with Crippen LogP contribution in [0.5, 0.6) is 11.5 Å². The first kappa shape index (κ1) is 22.5. The number of benzene rings is 1. The molecule has 3 aromatic heterocycles. The van der Waals surface area contributed by atoms with Gasteiger partial charge in [-0.05, 0) is 18.5 Å². The van der Waals surface area contributed by atoms with Crippen LogP contribution in [0.2, 0.25) is 0 Å². The molecule has 170 valence electrons. The van der Waals surface area contributed by atoms with Gasteiger partial charge >= 0.3 is 0 Å². The summed E-state index contributed by atoms with van der Waals surface area (Å²) < 4.78 is 42.7. The van der Waals surface area contributed by atoms with Gasteiger partial charge in [0.15, 0.2) is 23.0 Å². The third-order valence-corrected chi connectivity index (χ3v) is 6.32. The molecular weight excluding hydrogens is 445 g/mol. The van der Waals surface area contributed by atoms with E-state index in [-0.39, 0.29) is 22.7 Å². The van der Waals surface area contributed by atoms with Gasteiger partial charge in [0.1, 0.15) is 4.90 Å². The molecule has 0 saturated heterocycles. The van der Waals surface area contributed by atoms with Crippen molar-refractivity contribution in [3.8, 4) is 22.8 Å². The van der Waals surface area contributed by atoms with Gasteiger partial charge in [-0.1, -0.05) is 0 Å². The SMILES string of the molecule is [B]Cc1cn2c(-c3cc(NS(=O)(=O)c4cnn(C)c4)c(OC)c(OC)c3)cnc2c(NC)n1. The second kappa shape index (κ2) is 8.66. The summed E-state index contributed by atoms with van der Waals surface area (Å²) >= 11 is 0. The van der Waals surface area contributed by atoms with E-state index in [1.807, 2.05) is 4.40 Å². The maximum Gasteiger partial charge on any atom is 0.265 e. The number of rotatable bonds is 8. The minimum absolute atomic E-state index is 0.0172. The number of hydrogen-bond acceptors (Lipinski definition) is 8. The molecule has 0 amide bonds. The molecule has 2 N–H and O–H groups in total. The Bertz CT molecular complexity index is 1430. The summed E-state index contributed by atoms with van der Waals surface area (Å²) in [7, 11) is 8.18. The van der Waals surface area contributed by atoms with Crippen molar-refractivity contribution in [2.45, 2.75) is 11.2 Å². The first-order chi connectivity index (χ1) is 15.8. The third-order valence-electron chi connectivity index (χ3n) is 5.00. The lowest BCUT2D eigenvalue weighted by molar-refractivity contribution is 0.356. The van der Waals surface area contributed by atoms with Gasteiger partial charge in [-0.15, -0.1) is 0 Å². The van der Waals surface area contributed by atoms with Gasteiger partial charge < -0.3 is 14.8 Å². The number of anilines is 2. The fourth-order valence-electron chi connectivity index (χ4n) is 3.45. The van der Waals surface area contributed by atoms with E-state index in [9.17, 15) is 8.42 Å². The lowest BCUT2D eigenvalue weighted by atomic mass is 10.0. The minimum Gasteiger partial charge on any atom is -0.493 e. The summed E-state index contributed by atoms with van der Waals surface area (Å²) in [5, 5.41) is 6.95. The number of imidazole rings is 1. The highest BCUT2D eigenvalue weighted by atomic mass is 32.2. The third kappa shape index (κ3) is 4.06. The van der Waals surface area contributed by atoms with Crippen molar-refractivity contribution < 1.29 is 17.9 Å². The Hall–Kier alpha value is -3.74. The maximum atomic E-state index is 13.0. The number of aromatic nitrogens is 5. The zero-order chi connectivity index (χ0) is 23.8. The monoisotopic (exact) mass is 467 g/mol. The molecule has 13 heteroatoms. The van der Waals surface area contributed by atoms with Gasteiger partial charge in [-0.3, -0.25) is 13.8 Å². The fraction of sp³-hybridized carbons (Fsp3) is 0.250. The zero-order valence-electron chi connectivity index (χ0n) is 18.5. The number of nitrogens with zero attached hydrogens (tertiary/aromatic N) is 5. The molecule has 2 radical (unpaired) electrons. The van der Waals surface area contributed by atoms with Crippen LogP contribution in [0.25, 0.3) is 16.9 Å². The standard InChI is InChI=1S/C20H22BN7O4S/c1-22-19-20-23-9-16(28(20)10-13(7-21)25-19)12-5-15(18(32-4)17(6-12)31-3)26-33(29,30)14-8-24-27(2)11-14/h5-6,8-11,26H,7H2,1-4H3,(H,22,25). The van der Waals surface area contributed by atoms with Crippen LogP contribution in [0.15, 0.2) is 41.8 Å². The molecule has 0 aliphatic rings. The number of ether oxygens (including phenoxy) is 2. The van der Waals surface area contributed by atoms with Crippen molar-refractivity contribution in [1.29, 1.82) is 0 Å². The second-order valence-electron chi connectivity index (χ2n) is 7.09. The molecule has 11 nitrogen and oxygen atoms in total. The summed E-state index contributed by atoms with van der Waals surface area (Å²) in [4.78, 5) is 8.93. The molecule has 0 fully saturated rings. The molecular formula is C20H22BN7O4S. The van der Waals surface area contributed by atoms with Crippen LogP contribution in [0.4, 0.5) is 11.5 Å². The minimum atomic E-state index is -3.93. The molecule has 1 aromatic carbocycles. The maximum absolute atomic E-state index is 13.0. The van der Waals surface area contributed by atoms with E-state index >= 15 is 0 Å². The summed E-state index contributed by atoms with van der Waals surface area (Å²) in [6, 6.07) is 3.39. The number of nitrogens with one attached hydrogen (secondary N) is 2. The summed E-state index contributed by atoms with van der Waals surface area (Å²) in [6.45, 7) is 0. The predicted molar refractivity (Wildman–Crippen MR) is 125 cm³/mol. The van der Waals surface area contributed by atoms with E-state index in [4.69, 9.17) is 17.3 Å². The highest BCUT2D eigenvalue weighted by molar-refractivity contribution is 7.92. The molecule has 0 saturated carbocycles. The molecule has 0 spiro atoms. The smallest absolute Gasteiger partial charge is 0.265 e. The first-order valence-corrected chi connectivity index (χ1v) is 11.3. The summed E-state index contributed by atoms with van der Waals surface area (Å²) in [6.07, 6.45) is 6.36. The number of methoxy groups -OCH3 is 2. The topological polar surface area (TPSA) is 125 Å². The molecule has 4 rings (SSSR count). The molecule has 0 bridgehead atoms. The Morgan fingerprint density at radius 3 is 2.55 bits per heavy atom. The van der Waals surface area contributed by atoms with Crippen LogP contribution in [0.3, 0.4) is 0 Å². The number of hydrogen-bond donors (Lipinski definition) is 2. The van der Waals surface area contributed by atoms with Crippen LogP contribution >= 0.6 is 0 Å². The zero-order valence-corrected chi connectivity index (χ0v) is 19.3. The predicted octanol–water partition coefficient (Wildman–Crippen LogP) is 1.66. The van der Waals surface area contributed by atoms with Crippen LogP contribution < -0.4 is 19.5 Å². The number of sulfonamides is 1. The van der Waals surface area contributed by atoms with E-state index in [0.29, 0.717) is 34.2 Å². The summed E-state index contributed by atoms with van der Waals surface area (Å²) in [5.41, 5.74) is 2.77. The Balaban J connectivity index is 1.89. The highest BCUT2D eigenvalue weighted by Crippen LogP contribution is 2.41. The van der Waals surface area contributed by atoms with Crippen molar-refractivity contribution in [3.05, 3.63) is 42.6 Å². The van der Waals surface area contributed by atoms with Crippen LogP contribution in [-0.2, 0) is 23.4 Å². The van der Waals surface area contributed by atoms with E-state index in [0.717, 1.165) is 0 Å². The molecule has 3 heterocycles. The van der Waals surface area contributed by atoms with Gasteiger partial charge in [0, 0.05) is 32.1 Å². The largest absolute Gasteiger partial charge is 0.493 e. The lowest BCUT2D eigenvalue weighted by Crippen LogP contribution is -2.13. The lowest BCUT2D eigenvalue weighted by Gasteiger charge is -2.16. The molecule has 0 aliphatic heterocycles. The second-order valence-corrected chi connectivity index (χ2v) is 8.77. The molecule has 0 unspecified atom stereocenters. The van der Waals surface area contributed by atoms with Crippen molar-refractivity contribution in [2.75, 3.05) is 31.3 Å². The van der Waals surface area contributed by atoms with Crippen LogP contribution in [-0.4, -0.2) is 61.7 Å². The Morgan fingerprint density at radius 2 is 1.94 bits per heavy atom. The fourth-order valence-corrected chi connectivity index (χ4v) is 4.48. The van der Waals surface area contributed by atoms with E-state index in [1.165, 1.54) is 31.3 Å². The molecule has 0 atom stereocenters. The van der Waals surface area contributed by atoms with E-state index in [2.05, 4.69) is 25.1 Å². The van der Waals surface area contributed by atoms with Gasteiger partial charge in [0.2, 0.25) is 0 Å². The van der Waals surface area contributed by atoms with Crippen molar-refractivity contribution in [1.82, 2.24) is 24.1 Å². The average molecular weight is 467 g/mol. The molecule has 0 aliphatic carbocycles. The van der Waals surface area contributed by atoms with Crippen LogP contribution in [0.1, 0.15) is 5.69 Å². The number of fused-ring (bicyclic) bond motifs is 1. The van der Waals surface area contributed by atoms with Crippen molar-refractivity contribution in [3.63, 3.8) is 0 Å². The van der Waals surface area contributed by atoms with Gasteiger partial charge in [-0.2, -0.15) is 5.10 Å².